The van der Waals surface area contributed by atoms with Crippen molar-refractivity contribution in [3.63, 3.8) is 0 Å². The third-order valence-corrected chi connectivity index (χ3v) is 7.27. The summed E-state index contributed by atoms with van der Waals surface area (Å²) >= 11 is 0. The van der Waals surface area contributed by atoms with Crippen molar-refractivity contribution in [3.8, 4) is 33.6 Å². The molecule has 0 fully saturated rings. The van der Waals surface area contributed by atoms with Crippen molar-refractivity contribution in [2.45, 2.75) is 12.0 Å². The summed E-state index contributed by atoms with van der Waals surface area (Å²) in [4.78, 5) is 12.4. The molecule has 0 N–H and O–H groups in total. The van der Waals surface area contributed by atoms with Crippen molar-refractivity contribution < 1.29 is 0 Å². The quantitative estimate of drug-likeness (QED) is 0.263. The van der Waals surface area contributed by atoms with E-state index in [1.54, 1.807) is 0 Å². The SMILES string of the molecule is C1=CC2c3ccccc3-c3ccccc3N(c3cc(-c4ccccn4)cc(-c4ccccc4)n3)C2C=C1. The van der Waals surface area contributed by atoms with Gasteiger partial charge >= 0.3 is 0 Å². The predicted octanol–water partition coefficient (Wildman–Crippen LogP) is 8.21. The van der Waals surface area contributed by atoms with Gasteiger partial charge in [-0.3, -0.25) is 4.98 Å². The van der Waals surface area contributed by atoms with E-state index in [2.05, 4.69) is 125 Å². The maximum Gasteiger partial charge on any atom is 0.134 e. The number of allylic oxidation sites excluding steroid dienone is 2. The number of fused-ring (bicyclic) bond motifs is 5. The molecule has 7 rings (SSSR count). The largest absolute Gasteiger partial charge is 0.318 e. The number of hydrogen-bond acceptors (Lipinski definition) is 3. The Kier molecular flexibility index (Phi) is 5.25. The smallest absolute Gasteiger partial charge is 0.134 e. The van der Waals surface area contributed by atoms with E-state index in [9.17, 15) is 0 Å². The van der Waals surface area contributed by atoms with E-state index in [1.807, 2.05) is 24.4 Å². The van der Waals surface area contributed by atoms with E-state index in [0.717, 1.165) is 34.0 Å². The highest BCUT2D eigenvalue weighted by atomic mass is 15.2. The Morgan fingerprint density at radius 1 is 0.595 bits per heavy atom. The molecule has 3 nitrogen and oxygen atoms in total. The minimum atomic E-state index is 0.0879. The van der Waals surface area contributed by atoms with Gasteiger partial charge in [-0.2, -0.15) is 0 Å². The first kappa shape index (κ1) is 21.5. The molecule has 0 spiro atoms. The Hall–Kier alpha value is -4.76. The third-order valence-electron chi connectivity index (χ3n) is 7.27. The molecule has 5 aromatic rings. The van der Waals surface area contributed by atoms with Crippen LogP contribution >= 0.6 is 0 Å². The van der Waals surface area contributed by atoms with E-state index in [-0.39, 0.29) is 12.0 Å². The third kappa shape index (κ3) is 3.76. The van der Waals surface area contributed by atoms with E-state index >= 15 is 0 Å². The van der Waals surface area contributed by atoms with Crippen LogP contribution < -0.4 is 4.90 Å². The minimum Gasteiger partial charge on any atom is -0.318 e. The highest BCUT2D eigenvalue weighted by Crippen LogP contribution is 2.48. The fourth-order valence-corrected chi connectivity index (χ4v) is 5.59. The maximum absolute atomic E-state index is 5.29. The molecule has 0 saturated heterocycles. The zero-order chi connectivity index (χ0) is 24.6. The summed E-state index contributed by atoms with van der Waals surface area (Å²) in [6, 6.07) is 38.4. The lowest BCUT2D eigenvalue weighted by atomic mass is 9.85. The van der Waals surface area contributed by atoms with Crippen LogP contribution in [0.5, 0.6) is 0 Å². The molecule has 1 aliphatic carbocycles. The molecule has 3 aromatic carbocycles. The van der Waals surface area contributed by atoms with Crippen molar-refractivity contribution in [1.82, 2.24) is 9.97 Å². The summed E-state index contributed by atoms with van der Waals surface area (Å²) in [5.41, 5.74) is 9.01. The van der Waals surface area contributed by atoms with E-state index in [4.69, 9.17) is 4.98 Å². The van der Waals surface area contributed by atoms with Gasteiger partial charge in [0.05, 0.1) is 23.1 Å². The van der Waals surface area contributed by atoms with Crippen LogP contribution in [-0.2, 0) is 0 Å². The fourth-order valence-electron chi connectivity index (χ4n) is 5.59. The molecule has 176 valence electrons. The average molecular weight is 476 g/mol. The highest BCUT2D eigenvalue weighted by molar-refractivity contribution is 5.88. The first-order valence-corrected chi connectivity index (χ1v) is 12.7. The molecule has 2 unspecified atom stereocenters. The monoisotopic (exact) mass is 475 g/mol. The zero-order valence-corrected chi connectivity index (χ0v) is 20.3. The lowest BCUT2D eigenvalue weighted by Crippen LogP contribution is -2.35. The zero-order valence-electron chi connectivity index (χ0n) is 20.3. The molecule has 0 radical (unpaired) electrons. The Balaban J connectivity index is 1.50. The Morgan fingerprint density at radius 2 is 1.35 bits per heavy atom. The Morgan fingerprint density at radius 3 is 2.22 bits per heavy atom. The molecule has 3 heterocycles. The first-order valence-electron chi connectivity index (χ1n) is 12.7. The Labute approximate surface area is 217 Å². The lowest BCUT2D eigenvalue weighted by Gasteiger charge is -2.35. The minimum absolute atomic E-state index is 0.0879. The summed E-state index contributed by atoms with van der Waals surface area (Å²) < 4.78 is 0. The molecule has 2 aliphatic rings. The van der Waals surface area contributed by atoms with Crippen molar-refractivity contribution in [2.75, 3.05) is 4.90 Å². The standard InChI is InChI=1S/C34H25N3/c1-2-12-24(13-3-1)31-22-25(30-18-10-11-21-35-30)23-34(36-31)37-32-19-8-6-16-28(32)26-14-4-5-15-27(26)29-17-7-9-20-33(29)37/h1-23,28,32H. The molecule has 0 bridgehead atoms. The van der Waals surface area contributed by atoms with E-state index in [0.29, 0.717) is 0 Å². The van der Waals surface area contributed by atoms with Crippen LogP contribution in [0, 0.1) is 0 Å². The Bertz CT molecular complexity index is 1580. The first-order chi connectivity index (χ1) is 18.4. The van der Waals surface area contributed by atoms with Gasteiger partial charge in [-0.25, -0.2) is 4.98 Å². The normalized spacial score (nSPS) is 17.5. The molecule has 2 aromatic heterocycles. The van der Waals surface area contributed by atoms with Gasteiger partial charge in [0.1, 0.15) is 5.82 Å². The summed E-state index contributed by atoms with van der Waals surface area (Å²) in [6.07, 6.45) is 10.8. The molecule has 3 heteroatoms. The molecular weight excluding hydrogens is 450 g/mol. The van der Waals surface area contributed by atoms with Gasteiger partial charge in [-0.1, -0.05) is 103 Å². The van der Waals surface area contributed by atoms with Crippen molar-refractivity contribution in [2.24, 2.45) is 0 Å². The molecular formula is C34H25N3. The number of pyridine rings is 2. The molecule has 37 heavy (non-hydrogen) atoms. The fraction of sp³-hybridized carbons (Fsp3) is 0.0588. The number of aromatic nitrogens is 2. The van der Waals surface area contributed by atoms with Crippen LogP contribution in [-0.4, -0.2) is 16.0 Å². The van der Waals surface area contributed by atoms with Crippen LogP contribution in [0.2, 0.25) is 0 Å². The van der Waals surface area contributed by atoms with Crippen LogP contribution in [0.3, 0.4) is 0 Å². The van der Waals surface area contributed by atoms with Crippen LogP contribution in [0.15, 0.2) is 140 Å². The second kappa shape index (κ2) is 9.03. The van der Waals surface area contributed by atoms with Crippen LogP contribution in [0.4, 0.5) is 11.5 Å². The van der Waals surface area contributed by atoms with Gasteiger partial charge in [-0.05, 0) is 41.5 Å². The van der Waals surface area contributed by atoms with Crippen LogP contribution in [0.25, 0.3) is 33.6 Å². The van der Waals surface area contributed by atoms with Gasteiger partial charge in [0.15, 0.2) is 0 Å². The van der Waals surface area contributed by atoms with Crippen molar-refractivity contribution in [1.29, 1.82) is 0 Å². The predicted molar refractivity (Wildman–Crippen MR) is 152 cm³/mol. The van der Waals surface area contributed by atoms with Gasteiger partial charge in [0.25, 0.3) is 0 Å². The molecule has 2 atom stereocenters. The number of benzene rings is 3. The van der Waals surface area contributed by atoms with Gasteiger partial charge in [-0.15, -0.1) is 0 Å². The second-order valence-electron chi connectivity index (χ2n) is 9.44. The molecule has 1 aliphatic heterocycles. The number of para-hydroxylation sites is 1. The summed E-state index contributed by atoms with van der Waals surface area (Å²) in [5.74, 6) is 1.12. The average Bonchev–Trinajstić information content (AvgIpc) is 3.11. The summed E-state index contributed by atoms with van der Waals surface area (Å²) in [5, 5.41) is 0. The lowest BCUT2D eigenvalue weighted by molar-refractivity contribution is 0.692. The highest BCUT2D eigenvalue weighted by Gasteiger charge is 2.35. The van der Waals surface area contributed by atoms with Gasteiger partial charge in [0.2, 0.25) is 0 Å². The second-order valence-corrected chi connectivity index (χ2v) is 9.44. The maximum atomic E-state index is 5.29. The number of nitrogens with zero attached hydrogens (tertiary/aromatic N) is 3. The topological polar surface area (TPSA) is 29.0 Å². The molecule has 0 amide bonds. The summed E-state index contributed by atoms with van der Waals surface area (Å²) in [7, 11) is 0. The van der Waals surface area contributed by atoms with Crippen molar-refractivity contribution >= 4 is 11.5 Å². The number of rotatable bonds is 3. The van der Waals surface area contributed by atoms with Crippen LogP contribution in [0.1, 0.15) is 11.5 Å². The van der Waals surface area contributed by atoms with E-state index < -0.39 is 0 Å². The van der Waals surface area contributed by atoms with Gasteiger partial charge < -0.3 is 4.90 Å². The van der Waals surface area contributed by atoms with Crippen molar-refractivity contribution in [3.05, 3.63) is 145 Å². The summed E-state index contributed by atoms with van der Waals surface area (Å²) in [6.45, 7) is 0. The number of hydrogen-bond donors (Lipinski definition) is 0. The number of anilines is 2. The van der Waals surface area contributed by atoms with E-state index in [1.165, 1.54) is 16.7 Å². The molecule has 0 saturated carbocycles. The van der Waals surface area contributed by atoms with Gasteiger partial charge in [0, 0.05) is 28.8 Å².